The van der Waals surface area contributed by atoms with Crippen LogP contribution in [0, 0.1) is 11.3 Å². The van der Waals surface area contributed by atoms with E-state index in [1.807, 2.05) is 0 Å². The molecule has 0 aromatic heterocycles. The highest BCUT2D eigenvalue weighted by atomic mass is 19.4. The van der Waals surface area contributed by atoms with Crippen molar-refractivity contribution in [2.45, 2.75) is 38.2 Å². The minimum absolute atomic E-state index is 0.0000762. The number of nitriles is 1. The van der Waals surface area contributed by atoms with Crippen molar-refractivity contribution in [3.05, 3.63) is 42.0 Å². The number of carbonyl (C=O) groups is 1. The van der Waals surface area contributed by atoms with E-state index >= 15 is 0 Å². The Hall–Kier alpha value is -2.70. The van der Waals surface area contributed by atoms with E-state index in [-0.39, 0.29) is 13.0 Å². The summed E-state index contributed by atoms with van der Waals surface area (Å²) in [6.07, 6.45) is -8.06. The van der Waals surface area contributed by atoms with Gasteiger partial charge in [0.25, 0.3) is 0 Å². The Balaban J connectivity index is 3.50. The molecule has 1 unspecified atom stereocenters. The Morgan fingerprint density at radius 1 is 1.32 bits per heavy atom. The van der Waals surface area contributed by atoms with Gasteiger partial charge in [-0.3, -0.25) is 4.79 Å². The van der Waals surface area contributed by atoms with Crippen LogP contribution in [0.5, 0.6) is 0 Å². The highest BCUT2D eigenvalue weighted by molar-refractivity contribution is 5.85. The molecule has 154 valence electrons. The van der Waals surface area contributed by atoms with E-state index < -0.39 is 47.7 Å². The largest absolute Gasteiger partial charge is 0.417 e. The predicted molar refractivity (Wildman–Crippen MR) is 91.5 cm³/mol. The Kier molecular flexibility index (Phi) is 7.90. The number of benzene rings is 1. The van der Waals surface area contributed by atoms with Crippen LogP contribution in [0.1, 0.15) is 30.9 Å². The van der Waals surface area contributed by atoms with Gasteiger partial charge in [-0.1, -0.05) is 19.4 Å². The van der Waals surface area contributed by atoms with Gasteiger partial charge in [0.2, 0.25) is 5.91 Å². The van der Waals surface area contributed by atoms with Crippen LogP contribution in [0.2, 0.25) is 0 Å². The van der Waals surface area contributed by atoms with Gasteiger partial charge in [0.05, 0.1) is 17.2 Å². The third-order valence-electron chi connectivity index (χ3n) is 3.77. The van der Waals surface area contributed by atoms with Crippen LogP contribution in [0.3, 0.4) is 0 Å². The number of anilines is 1. The minimum Gasteiger partial charge on any atom is -0.351 e. The van der Waals surface area contributed by atoms with Crippen LogP contribution in [-0.2, 0) is 11.0 Å². The Morgan fingerprint density at radius 2 is 1.96 bits per heavy atom. The molecule has 1 aromatic rings. The van der Waals surface area contributed by atoms with Crippen molar-refractivity contribution in [2.24, 2.45) is 0 Å². The van der Waals surface area contributed by atoms with Crippen molar-refractivity contribution in [3.63, 3.8) is 0 Å². The van der Waals surface area contributed by atoms with Crippen LogP contribution < -0.4 is 10.2 Å². The van der Waals surface area contributed by atoms with Crippen molar-refractivity contribution >= 4 is 11.6 Å². The fourth-order valence-electron chi connectivity index (χ4n) is 2.61. The van der Waals surface area contributed by atoms with Gasteiger partial charge in [-0.05, 0) is 24.6 Å². The molecule has 0 saturated carbocycles. The monoisotopic (exact) mass is 407 g/mol. The molecule has 1 rings (SSSR count). The van der Waals surface area contributed by atoms with Gasteiger partial charge in [0.15, 0.2) is 0 Å². The van der Waals surface area contributed by atoms with Crippen molar-refractivity contribution in [1.82, 2.24) is 5.32 Å². The molecule has 0 radical (unpaired) electrons. The number of carbonyl (C=O) groups excluding carboxylic acids is 1. The van der Waals surface area contributed by atoms with Crippen LogP contribution in [0.25, 0.3) is 0 Å². The Bertz CT molecular complexity index is 736. The second kappa shape index (κ2) is 9.48. The van der Waals surface area contributed by atoms with Crippen LogP contribution in [0.15, 0.2) is 30.9 Å². The number of alkyl halides is 6. The minimum atomic E-state index is -4.93. The van der Waals surface area contributed by atoms with E-state index in [2.05, 4.69) is 11.9 Å². The maximum Gasteiger partial charge on any atom is 0.417 e. The van der Waals surface area contributed by atoms with Gasteiger partial charge in [-0.2, -0.15) is 31.6 Å². The average molecular weight is 407 g/mol. The normalized spacial score (nSPS) is 12.8. The van der Waals surface area contributed by atoms with E-state index in [9.17, 15) is 31.1 Å². The molecule has 4 nitrogen and oxygen atoms in total. The molecule has 28 heavy (non-hydrogen) atoms. The lowest BCUT2D eigenvalue weighted by molar-refractivity contribution is -0.137. The second-order valence-electron chi connectivity index (χ2n) is 5.92. The first kappa shape index (κ1) is 23.3. The Morgan fingerprint density at radius 3 is 2.43 bits per heavy atom. The SMILES string of the molecule is C=CCNC(=O)C(CCC)N(CC(F)(F)F)c1ccc(C#N)c(C(F)(F)F)c1. The van der Waals surface area contributed by atoms with E-state index in [4.69, 9.17) is 5.26 Å². The summed E-state index contributed by atoms with van der Waals surface area (Å²) in [4.78, 5) is 12.9. The third kappa shape index (κ3) is 6.48. The molecule has 0 saturated heterocycles. The number of hydrogen-bond donors (Lipinski definition) is 1. The number of halogens is 6. The molecule has 10 heteroatoms. The second-order valence-corrected chi connectivity index (χ2v) is 5.92. The summed E-state index contributed by atoms with van der Waals surface area (Å²) in [5, 5.41) is 11.2. The van der Waals surface area contributed by atoms with Crippen molar-refractivity contribution in [3.8, 4) is 6.07 Å². The fourth-order valence-corrected chi connectivity index (χ4v) is 2.61. The molecule has 0 aliphatic rings. The van der Waals surface area contributed by atoms with E-state index in [0.29, 0.717) is 17.4 Å². The van der Waals surface area contributed by atoms with Crippen molar-refractivity contribution in [2.75, 3.05) is 18.0 Å². The molecular formula is C18H19F6N3O. The van der Waals surface area contributed by atoms with Crippen LogP contribution in [0.4, 0.5) is 32.0 Å². The summed E-state index contributed by atoms with van der Waals surface area (Å²) in [5.74, 6) is -0.760. The number of nitrogens with one attached hydrogen (secondary N) is 1. The third-order valence-corrected chi connectivity index (χ3v) is 3.77. The summed E-state index contributed by atoms with van der Waals surface area (Å²) in [6, 6.07) is 2.26. The standard InChI is InChI=1S/C18H19F6N3O/c1-3-5-15(16(28)26-8-4-2)27(11-17(19,20)21)13-7-6-12(10-25)14(9-13)18(22,23)24/h4,6-7,9,15H,2-3,5,8,11H2,1H3,(H,26,28). The molecule has 1 amide bonds. The molecule has 1 aromatic carbocycles. The molecule has 0 heterocycles. The lowest BCUT2D eigenvalue weighted by atomic mass is 10.0. The van der Waals surface area contributed by atoms with E-state index in [1.165, 1.54) is 12.1 Å². The predicted octanol–water partition coefficient (Wildman–Crippen LogP) is 4.42. The van der Waals surface area contributed by atoms with E-state index in [1.54, 1.807) is 6.92 Å². The quantitative estimate of drug-likeness (QED) is 0.513. The summed E-state index contributed by atoms with van der Waals surface area (Å²) in [5.41, 5.74) is -2.52. The lowest BCUT2D eigenvalue weighted by Crippen LogP contribution is -2.50. The zero-order valence-electron chi connectivity index (χ0n) is 15.0. The fraction of sp³-hybridized carbons (Fsp3) is 0.444. The number of amides is 1. The van der Waals surface area contributed by atoms with Gasteiger partial charge in [-0.15, -0.1) is 6.58 Å². The lowest BCUT2D eigenvalue weighted by Gasteiger charge is -2.33. The topological polar surface area (TPSA) is 56.1 Å². The van der Waals surface area contributed by atoms with Crippen molar-refractivity contribution < 1.29 is 31.1 Å². The summed E-state index contributed by atoms with van der Waals surface area (Å²) in [6.45, 7) is 3.41. The first-order chi connectivity index (χ1) is 12.9. The number of rotatable bonds is 8. The van der Waals surface area contributed by atoms with Gasteiger partial charge in [0, 0.05) is 12.2 Å². The van der Waals surface area contributed by atoms with Gasteiger partial charge in [-0.25, -0.2) is 0 Å². The maximum absolute atomic E-state index is 13.2. The zero-order valence-corrected chi connectivity index (χ0v) is 15.0. The van der Waals surface area contributed by atoms with Crippen molar-refractivity contribution in [1.29, 1.82) is 5.26 Å². The van der Waals surface area contributed by atoms with Gasteiger partial charge >= 0.3 is 12.4 Å². The molecule has 0 spiro atoms. The van der Waals surface area contributed by atoms with E-state index in [0.717, 1.165) is 12.1 Å². The molecule has 1 N–H and O–H groups in total. The summed E-state index contributed by atoms with van der Waals surface area (Å²) in [7, 11) is 0. The Labute approximate surface area is 158 Å². The molecule has 0 fully saturated rings. The number of nitrogens with zero attached hydrogens (tertiary/aromatic N) is 2. The molecule has 0 aliphatic carbocycles. The smallest absolute Gasteiger partial charge is 0.351 e. The first-order valence-corrected chi connectivity index (χ1v) is 8.28. The summed E-state index contributed by atoms with van der Waals surface area (Å²) >= 11 is 0. The molecule has 0 bridgehead atoms. The zero-order chi connectivity index (χ0) is 21.5. The maximum atomic E-state index is 13.2. The first-order valence-electron chi connectivity index (χ1n) is 8.28. The average Bonchev–Trinajstić information content (AvgIpc) is 2.60. The molecular weight excluding hydrogens is 388 g/mol. The van der Waals surface area contributed by atoms with Gasteiger partial charge < -0.3 is 10.2 Å². The molecule has 0 aliphatic heterocycles. The summed E-state index contributed by atoms with van der Waals surface area (Å²) < 4.78 is 79.0. The molecule has 1 atom stereocenters. The highest BCUT2D eigenvalue weighted by Crippen LogP contribution is 2.36. The van der Waals surface area contributed by atoms with Crippen LogP contribution in [-0.4, -0.2) is 31.2 Å². The highest BCUT2D eigenvalue weighted by Gasteiger charge is 2.39. The van der Waals surface area contributed by atoms with Gasteiger partial charge in [0.1, 0.15) is 12.6 Å². The van der Waals surface area contributed by atoms with Crippen LogP contribution >= 0.6 is 0 Å². The number of hydrogen-bond acceptors (Lipinski definition) is 3.